The molecular weight excluding hydrogens is 218 g/mol. The highest BCUT2D eigenvalue weighted by atomic mass is 16.4. The van der Waals surface area contributed by atoms with Crippen LogP contribution < -0.4 is 0 Å². The number of hydrogen-bond donors (Lipinski definition) is 1. The molecule has 4 heteroatoms. The highest BCUT2D eigenvalue weighted by Crippen LogP contribution is 2.47. The van der Waals surface area contributed by atoms with Crippen LogP contribution in [-0.2, 0) is 11.3 Å². The SMILES string of the molecule is CC1CC1c1ccc(CN(C)CCC(=O)O)o1. The fourth-order valence-corrected chi connectivity index (χ4v) is 2.03. The molecule has 0 radical (unpaired) electrons. The van der Waals surface area contributed by atoms with Gasteiger partial charge in [0, 0.05) is 12.5 Å². The molecule has 0 aromatic carbocycles. The zero-order chi connectivity index (χ0) is 12.4. The Morgan fingerprint density at radius 2 is 2.29 bits per heavy atom. The Morgan fingerprint density at radius 1 is 1.59 bits per heavy atom. The molecule has 0 amide bonds. The molecule has 94 valence electrons. The predicted molar refractivity (Wildman–Crippen MR) is 63.8 cm³/mol. The van der Waals surface area contributed by atoms with E-state index in [1.165, 1.54) is 6.42 Å². The van der Waals surface area contributed by atoms with E-state index < -0.39 is 5.97 Å². The number of rotatable bonds is 6. The van der Waals surface area contributed by atoms with Gasteiger partial charge in [-0.15, -0.1) is 0 Å². The Hall–Kier alpha value is -1.29. The maximum absolute atomic E-state index is 10.4. The minimum atomic E-state index is -0.760. The van der Waals surface area contributed by atoms with Crippen LogP contribution in [-0.4, -0.2) is 29.6 Å². The fraction of sp³-hybridized carbons (Fsp3) is 0.615. The monoisotopic (exact) mass is 237 g/mol. The first-order chi connectivity index (χ1) is 8.06. The van der Waals surface area contributed by atoms with Gasteiger partial charge in [0.2, 0.25) is 0 Å². The highest BCUT2D eigenvalue weighted by molar-refractivity contribution is 5.66. The number of carboxylic acids is 1. The molecule has 1 aromatic rings. The van der Waals surface area contributed by atoms with Gasteiger partial charge in [-0.05, 0) is 31.5 Å². The number of aliphatic carboxylic acids is 1. The summed E-state index contributed by atoms with van der Waals surface area (Å²) in [6.07, 6.45) is 1.39. The van der Waals surface area contributed by atoms with Gasteiger partial charge in [-0.25, -0.2) is 0 Å². The lowest BCUT2D eigenvalue weighted by molar-refractivity contribution is -0.137. The first-order valence-corrected chi connectivity index (χ1v) is 6.05. The maximum atomic E-state index is 10.4. The molecule has 1 aliphatic carbocycles. The summed E-state index contributed by atoms with van der Waals surface area (Å²) in [7, 11) is 1.91. The molecular formula is C13H19NO3. The number of furan rings is 1. The zero-order valence-corrected chi connectivity index (χ0v) is 10.3. The molecule has 2 unspecified atom stereocenters. The summed E-state index contributed by atoms with van der Waals surface area (Å²) in [4.78, 5) is 12.4. The van der Waals surface area contributed by atoms with Crippen LogP contribution in [0.4, 0.5) is 0 Å². The van der Waals surface area contributed by atoms with Gasteiger partial charge in [-0.2, -0.15) is 0 Å². The molecule has 1 N–H and O–H groups in total. The summed E-state index contributed by atoms with van der Waals surface area (Å²) in [6.45, 7) is 3.45. The van der Waals surface area contributed by atoms with Crippen molar-refractivity contribution in [2.24, 2.45) is 5.92 Å². The zero-order valence-electron chi connectivity index (χ0n) is 10.3. The Morgan fingerprint density at radius 3 is 2.88 bits per heavy atom. The molecule has 1 aliphatic rings. The maximum Gasteiger partial charge on any atom is 0.304 e. The smallest absolute Gasteiger partial charge is 0.304 e. The van der Waals surface area contributed by atoms with Gasteiger partial charge in [-0.1, -0.05) is 6.92 Å². The van der Waals surface area contributed by atoms with Gasteiger partial charge in [0.1, 0.15) is 11.5 Å². The second kappa shape index (κ2) is 4.92. The lowest BCUT2D eigenvalue weighted by Gasteiger charge is -2.13. The summed E-state index contributed by atoms with van der Waals surface area (Å²) >= 11 is 0. The first-order valence-electron chi connectivity index (χ1n) is 6.05. The number of nitrogens with zero attached hydrogens (tertiary/aromatic N) is 1. The van der Waals surface area contributed by atoms with Crippen molar-refractivity contribution in [3.63, 3.8) is 0 Å². The first kappa shape index (κ1) is 12.2. The van der Waals surface area contributed by atoms with Gasteiger partial charge >= 0.3 is 5.97 Å². The molecule has 0 bridgehead atoms. The van der Waals surface area contributed by atoms with E-state index in [1.807, 2.05) is 18.0 Å². The minimum absolute atomic E-state index is 0.170. The molecule has 1 heterocycles. The summed E-state index contributed by atoms with van der Waals surface area (Å²) in [5.74, 6) is 2.60. The van der Waals surface area contributed by atoms with E-state index in [2.05, 4.69) is 13.0 Å². The quantitative estimate of drug-likeness (QED) is 0.825. The predicted octanol–water partition coefficient (Wildman–Crippen LogP) is 2.31. The fourth-order valence-electron chi connectivity index (χ4n) is 2.03. The third-order valence-electron chi connectivity index (χ3n) is 3.29. The molecule has 4 nitrogen and oxygen atoms in total. The van der Waals surface area contributed by atoms with E-state index in [0.717, 1.165) is 17.4 Å². The van der Waals surface area contributed by atoms with Crippen LogP contribution in [0.5, 0.6) is 0 Å². The van der Waals surface area contributed by atoms with Crippen molar-refractivity contribution >= 4 is 5.97 Å². The third kappa shape index (κ3) is 3.33. The Bertz CT molecular complexity index is 399. The normalized spacial score (nSPS) is 23.0. The van der Waals surface area contributed by atoms with Crippen molar-refractivity contribution in [2.45, 2.75) is 32.2 Å². The van der Waals surface area contributed by atoms with E-state index in [9.17, 15) is 4.79 Å². The lowest BCUT2D eigenvalue weighted by Crippen LogP contribution is -2.20. The van der Waals surface area contributed by atoms with Crippen molar-refractivity contribution < 1.29 is 14.3 Å². The summed E-state index contributed by atoms with van der Waals surface area (Å²) in [5, 5.41) is 8.59. The number of hydrogen-bond acceptors (Lipinski definition) is 3. The highest BCUT2D eigenvalue weighted by Gasteiger charge is 2.36. The van der Waals surface area contributed by atoms with Gasteiger partial charge in [0.05, 0.1) is 13.0 Å². The molecule has 2 rings (SSSR count). The van der Waals surface area contributed by atoms with Gasteiger partial charge in [-0.3, -0.25) is 9.69 Å². The van der Waals surface area contributed by atoms with Crippen LogP contribution in [0.2, 0.25) is 0 Å². The van der Waals surface area contributed by atoms with Gasteiger partial charge in [0.15, 0.2) is 0 Å². The number of carboxylic acid groups (broad SMARTS) is 1. The minimum Gasteiger partial charge on any atom is -0.481 e. The molecule has 1 saturated carbocycles. The van der Waals surface area contributed by atoms with Crippen molar-refractivity contribution in [1.82, 2.24) is 4.90 Å². The average Bonchev–Trinajstić information content (AvgIpc) is 2.81. The second-order valence-electron chi connectivity index (χ2n) is 5.01. The second-order valence-corrected chi connectivity index (χ2v) is 5.01. The van der Waals surface area contributed by atoms with E-state index >= 15 is 0 Å². The van der Waals surface area contributed by atoms with Crippen LogP contribution in [0.1, 0.15) is 37.2 Å². The standard InChI is InChI=1S/C13H19NO3/c1-9-7-11(9)12-4-3-10(17-12)8-14(2)6-5-13(15)16/h3-4,9,11H,5-8H2,1-2H3,(H,15,16). The van der Waals surface area contributed by atoms with Gasteiger partial charge < -0.3 is 9.52 Å². The Kier molecular flexibility index (Phi) is 3.52. The van der Waals surface area contributed by atoms with Crippen LogP contribution >= 0.6 is 0 Å². The molecule has 1 fully saturated rings. The molecule has 0 spiro atoms. The largest absolute Gasteiger partial charge is 0.481 e. The van der Waals surface area contributed by atoms with E-state index in [-0.39, 0.29) is 6.42 Å². The molecule has 0 saturated heterocycles. The summed E-state index contributed by atoms with van der Waals surface area (Å²) in [5.41, 5.74) is 0. The van der Waals surface area contributed by atoms with E-state index in [0.29, 0.717) is 19.0 Å². The van der Waals surface area contributed by atoms with Gasteiger partial charge in [0.25, 0.3) is 0 Å². The molecule has 0 aliphatic heterocycles. The molecule has 2 atom stereocenters. The Labute approximate surface area is 101 Å². The van der Waals surface area contributed by atoms with Crippen LogP contribution in [0.25, 0.3) is 0 Å². The van der Waals surface area contributed by atoms with Crippen molar-refractivity contribution in [1.29, 1.82) is 0 Å². The topological polar surface area (TPSA) is 53.7 Å². The van der Waals surface area contributed by atoms with E-state index in [4.69, 9.17) is 9.52 Å². The third-order valence-corrected chi connectivity index (χ3v) is 3.29. The summed E-state index contributed by atoms with van der Waals surface area (Å²) < 4.78 is 5.77. The molecule has 17 heavy (non-hydrogen) atoms. The molecule has 1 aromatic heterocycles. The average molecular weight is 237 g/mol. The van der Waals surface area contributed by atoms with Crippen LogP contribution in [0.3, 0.4) is 0 Å². The van der Waals surface area contributed by atoms with Crippen molar-refractivity contribution in [2.75, 3.05) is 13.6 Å². The van der Waals surface area contributed by atoms with Crippen molar-refractivity contribution in [3.8, 4) is 0 Å². The van der Waals surface area contributed by atoms with Crippen molar-refractivity contribution in [3.05, 3.63) is 23.7 Å². The van der Waals surface area contributed by atoms with E-state index in [1.54, 1.807) is 0 Å². The van der Waals surface area contributed by atoms with Crippen LogP contribution in [0, 0.1) is 5.92 Å². The lowest BCUT2D eigenvalue weighted by atomic mass is 10.3. The Balaban J connectivity index is 1.82. The summed E-state index contributed by atoms with van der Waals surface area (Å²) in [6, 6.07) is 4.05. The van der Waals surface area contributed by atoms with Crippen LogP contribution in [0.15, 0.2) is 16.5 Å². The number of carbonyl (C=O) groups is 1.